The number of hydrogen-bond acceptors (Lipinski definition) is 3. The predicted molar refractivity (Wildman–Crippen MR) is 50.2 cm³/mol. The third-order valence-electron chi connectivity index (χ3n) is 0.853. The van der Waals surface area contributed by atoms with Gasteiger partial charge in [-0.3, -0.25) is 4.98 Å². The molecule has 0 aliphatic carbocycles. The summed E-state index contributed by atoms with van der Waals surface area (Å²) < 4.78 is 2.61. The second-order valence-corrected chi connectivity index (χ2v) is 1.86. The van der Waals surface area contributed by atoms with Gasteiger partial charge in [0.2, 0.25) is 0 Å². The zero-order valence-corrected chi connectivity index (χ0v) is 8.34. The molecule has 0 aliphatic heterocycles. The Bertz CT molecular complexity index is 168. The van der Waals surface area contributed by atoms with Gasteiger partial charge < -0.3 is 5.43 Å². The Morgan fingerprint density at radius 3 is 2.80 bits per heavy atom. The molecule has 1 aromatic heterocycles. The Morgan fingerprint density at radius 1 is 1.50 bits per heavy atom. The minimum Gasteiger partial charge on any atom is -0.310 e. The van der Waals surface area contributed by atoms with Crippen molar-refractivity contribution in [2.75, 3.05) is 5.43 Å². The largest absolute Gasteiger partial charge is 0.310 e. The van der Waals surface area contributed by atoms with E-state index in [-0.39, 0.29) is 17.0 Å². The summed E-state index contributed by atoms with van der Waals surface area (Å²) in [5.74, 6) is 0. The van der Waals surface area contributed by atoms with Gasteiger partial charge in [-0.15, -0.1) is 17.0 Å². The van der Waals surface area contributed by atoms with Crippen LogP contribution in [-0.2, 0) is 0 Å². The summed E-state index contributed by atoms with van der Waals surface area (Å²) in [5, 5.41) is 0. The molecule has 0 radical (unpaired) electrons. The van der Waals surface area contributed by atoms with E-state index in [1.165, 1.54) is 0 Å². The molecule has 5 heteroatoms. The molecule has 0 aromatic carbocycles. The zero-order valence-electron chi connectivity index (χ0n) is 5.04. The summed E-state index contributed by atoms with van der Waals surface area (Å²) in [4.78, 5) is 3.88. The third-order valence-corrected chi connectivity index (χ3v) is 1.05. The lowest BCUT2D eigenvalue weighted by Crippen LogP contribution is -2.07. The van der Waals surface area contributed by atoms with Gasteiger partial charge in [0.15, 0.2) is 0 Å². The smallest absolute Gasteiger partial charge is 0.0679 e. The molecule has 1 rings (SSSR count). The second kappa shape index (κ2) is 5.64. The van der Waals surface area contributed by atoms with Crippen LogP contribution in [0.5, 0.6) is 0 Å². The summed E-state index contributed by atoms with van der Waals surface area (Å²) in [6.45, 7) is 0. The lowest BCUT2D eigenvalue weighted by atomic mass is 10.4. The zero-order chi connectivity index (χ0) is 6.53. The van der Waals surface area contributed by atoms with E-state index >= 15 is 0 Å². The van der Waals surface area contributed by atoms with Gasteiger partial charge >= 0.3 is 0 Å². The van der Waals surface area contributed by atoms with E-state index in [1.807, 2.05) is 12.1 Å². The molecule has 0 amide bonds. The summed E-state index contributed by atoms with van der Waals surface area (Å²) in [5.41, 5.74) is 3.74. The van der Waals surface area contributed by atoms with Crippen LogP contribution in [0.1, 0.15) is 0 Å². The van der Waals surface area contributed by atoms with E-state index in [2.05, 4.69) is 31.0 Å². The van der Waals surface area contributed by atoms with Crippen LogP contribution in [0.2, 0.25) is 0 Å². The molecule has 56 valence electrons. The van der Waals surface area contributed by atoms with Crippen LogP contribution in [0.25, 0.3) is 0 Å². The maximum Gasteiger partial charge on any atom is 0.0679 e. The van der Waals surface area contributed by atoms with Crippen molar-refractivity contribution in [2.45, 2.75) is 0 Å². The van der Waals surface area contributed by atoms with E-state index < -0.39 is 0 Å². The quantitative estimate of drug-likeness (QED) is 0.635. The maximum absolute atomic E-state index is 3.88. The number of aromatic nitrogens is 1. The van der Waals surface area contributed by atoms with Crippen LogP contribution in [-0.4, -0.2) is 4.98 Å². The third kappa shape index (κ3) is 3.14. The number of hydrazine groups is 1. The highest BCUT2D eigenvalue weighted by Crippen LogP contribution is 1.99. The van der Waals surface area contributed by atoms with Crippen LogP contribution in [0.3, 0.4) is 0 Å². The topological polar surface area (TPSA) is 37.0 Å². The van der Waals surface area contributed by atoms with Crippen molar-refractivity contribution < 1.29 is 0 Å². The van der Waals surface area contributed by atoms with E-state index in [0.29, 0.717) is 0 Å². The van der Waals surface area contributed by atoms with Crippen LogP contribution in [0.4, 0.5) is 5.69 Å². The van der Waals surface area contributed by atoms with Crippen molar-refractivity contribution in [2.24, 2.45) is 0 Å². The molecule has 3 nitrogen and oxygen atoms in total. The molecule has 0 unspecified atom stereocenters. The number of hydrogen-bond donors (Lipinski definition) is 2. The first-order valence-corrected chi connectivity index (χ1v) is 3.24. The number of nitrogens with one attached hydrogen (secondary N) is 2. The number of halogens is 2. The summed E-state index contributed by atoms with van der Waals surface area (Å²) >= 11 is 3.00. The molecule has 1 aromatic rings. The van der Waals surface area contributed by atoms with Crippen molar-refractivity contribution in [3.63, 3.8) is 0 Å². The van der Waals surface area contributed by atoms with Crippen LogP contribution in [0, 0.1) is 0 Å². The molecule has 0 aliphatic rings. The Hall–Kier alpha value is -0.130. The van der Waals surface area contributed by atoms with Crippen LogP contribution in [0.15, 0.2) is 24.5 Å². The van der Waals surface area contributed by atoms with Crippen molar-refractivity contribution in [1.82, 2.24) is 9.44 Å². The first-order chi connectivity index (χ1) is 4.43. The Balaban J connectivity index is 0.000000810. The molecule has 0 bridgehead atoms. The van der Waals surface area contributed by atoms with E-state index in [9.17, 15) is 0 Å². The molecule has 0 saturated carbocycles. The number of pyridine rings is 1. The van der Waals surface area contributed by atoms with Crippen molar-refractivity contribution in [3.05, 3.63) is 24.5 Å². The Morgan fingerprint density at radius 2 is 2.30 bits per heavy atom. The highest BCUT2D eigenvalue weighted by molar-refractivity contribution is 9.08. The van der Waals surface area contributed by atoms with E-state index in [1.54, 1.807) is 12.4 Å². The van der Waals surface area contributed by atoms with Gasteiger partial charge in [-0.1, -0.05) is 0 Å². The normalized spacial score (nSPS) is 8.10. The predicted octanol–water partition coefficient (Wildman–Crippen LogP) is 1.89. The molecule has 0 atom stereocenters. The summed E-state index contributed by atoms with van der Waals surface area (Å²) in [6, 6.07) is 3.76. The van der Waals surface area contributed by atoms with Crippen molar-refractivity contribution in [1.29, 1.82) is 0 Å². The summed E-state index contributed by atoms with van der Waals surface area (Å²) in [7, 11) is 0. The average Bonchev–Trinajstić information content (AvgIpc) is 1.91. The van der Waals surface area contributed by atoms with Gasteiger partial charge in [0.25, 0.3) is 0 Å². The number of anilines is 1. The lowest BCUT2D eigenvalue weighted by Gasteiger charge is -1.98. The maximum atomic E-state index is 3.88. The second-order valence-electron chi connectivity index (χ2n) is 1.46. The highest BCUT2D eigenvalue weighted by atomic mass is 79.9. The SMILES string of the molecule is Br.BrNNc1cccnc1. The van der Waals surface area contributed by atoms with Gasteiger partial charge in [0, 0.05) is 22.3 Å². The number of nitrogens with zero attached hydrogens (tertiary/aromatic N) is 1. The monoisotopic (exact) mass is 267 g/mol. The molecule has 0 saturated heterocycles. The van der Waals surface area contributed by atoms with Gasteiger partial charge in [0.05, 0.1) is 11.9 Å². The molecule has 2 N–H and O–H groups in total. The standard InChI is InChI=1S/C5H6BrN3.BrH/c6-9-8-5-2-1-3-7-4-5;/h1-4,8-9H;1H. The molecule has 0 fully saturated rings. The van der Waals surface area contributed by atoms with Gasteiger partial charge in [0.1, 0.15) is 0 Å². The number of rotatable bonds is 2. The fourth-order valence-corrected chi connectivity index (χ4v) is 0.720. The first kappa shape index (κ1) is 9.87. The summed E-state index contributed by atoms with van der Waals surface area (Å²) in [6.07, 6.45) is 3.44. The van der Waals surface area contributed by atoms with Crippen molar-refractivity contribution in [3.8, 4) is 0 Å². The molecular formula is C5H7Br2N3. The molecule has 10 heavy (non-hydrogen) atoms. The molecule has 0 spiro atoms. The van der Waals surface area contributed by atoms with E-state index in [4.69, 9.17) is 0 Å². The average molecular weight is 269 g/mol. The van der Waals surface area contributed by atoms with Gasteiger partial charge in [-0.2, -0.15) is 4.45 Å². The van der Waals surface area contributed by atoms with Crippen LogP contribution < -0.4 is 9.88 Å². The van der Waals surface area contributed by atoms with Crippen LogP contribution >= 0.6 is 33.1 Å². The lowest BCUT2D eigenvalue weighted by molar-refractivity contribution is 1.21. The molecule has 1 heterocycles. The minimum absolute atomic E-state index is 0. The van der Waals surface area contributed by atoms with Gasteiger partial charge in [-0.25, -0.2) is 0 Å². The minimum atomic E-state index is 0. The van der Waals surface area contributed by atoms with Gasteiger partial charge in [-0.05, 0) is 12.1 Å². The van der Waals surface area contributed by atoms with E-state index in [0.717, 1.165) is 5.69 Å². The molecular weight excluding hydrogens is 262 g/mol. The first-order valence-electron chi connectivity index (χ1n) is 2.45. The van der Waals surface area contributed by atoms with Crippen molar-refractivity contribution >= 4 is 38.8 Å². The fourth-order valence-electron chi connectivity index (χ4n) is 0.491. The fraction of sp³-hybridized carbons (Fsp3) is 0. The Kier molecular flexibility index (Phi) is 5.57. The Labute approximate surface area is 78.3 Å². The highest BCUT2D eigenvalue weighted by Gasteiger charge is 1.82.